The van der Waals surface area contributed by atoms with Gasteiger partial charge in [-0.1, -0.05) is 60.7 Å². The Morgan fingerprint density at radius 1 is 0.517 bits per heavy atom. The van der Waals surface area contributed by atoms with E-state index in [1.165, 1.54) is 16.2 Å². The van der Waals surface area contributed by atoms with E-state index in [2.05, 4.69) is 44.2 Å². The number of aromatic nitrogens is 4. The lowest BCUT2D eigenvalue weighted by molar-refractivity contribution is 1.34. The third-order valence-corrected chi connectivity index (χ3v) is 4.39. The van der Waals surface area contributed by atoms with Gasteiger partial charge in [-0.05, 0) is 41.1 Å². The third-order valence-electron chi connectivity index (χ3n) is 4.39. The summed E-state index contributed by atoms with van der Waals surface area (Å²) >= 11 is 0. The SMILES string of the molecule is c1ccc2[nH]cnc2c1.c1ccc2cnccc2c1.c1ccc2ncccc2c1. The molecule has 0 aliphatic heterocycles. The molecule has 0 bridgehead atoms. The van der Waals surface area contributed by atoms with Crippen molar-refractivity contribution in [1.29, 1.82) is 0 Å². The van der Waals surface area contributed by atoms with E-state index in [4.69, 9.17) is 0 Å². The maximum absolute atomic E-state index is 4.18. The van der Waals surface area contributed by atoms with Gasteiger partial charge in [0, 0.05) is 24.0 Å². The lowest BCUT2D eigenvalue weighted by Gasteiger charge is -1.91. The number of para-hydroxylation sites is 3. The second-order valence-electron chi connectivity index (χ2n) is 6.34. The molecule has 0 fully saturated rings. The van der Waals surface area contributed by atoms with Crippen LogP contribution in [-0.4, -0.2) is 19.9 Å². The number of imidazole rings is 1. The van der Waals surface area contributed by atoms with E-state index in [0.29, 0.717) is 0 Å². The van der Waals surface area contributed by atoms with E-state index in [9.17, 15) is 0 Å². The number of benzene rings is 3. The Hall–Kier alpha value is -4.05. The van der Waals surface area contributed by atoms with Crippen molar-refractivity contribution < 1.29 is 0 Å². The molecular formula is C25H20N4. The van der Waals surface area contributed by atoms with Crippen molar-refractivity contribution in [3.8, 4) is 0 Å². The van der Waals surface area contributed by atoms with Crippen LogP contribution in [0.2, 0.25) is 0 Å². The van der Waals surface area contributed by atoms with Crippen molar-refractivity contribution in [3.63, 3.8) is 0 Å². The van der Waals surface area contributed by atoms with Crippen LogP contribution in [0.25, 0.3) is 32.7 Å². The number of hydrogen-bond donors (Lipinski definition) is 1. The molecule has 1 N–H and O–H groups in total. The summed E-state index contributed by atoms with van der Waals surface area (Å²) in [6.45, 7) is 0. The number of nitrogens with zero attached hydrogens (tertiary/aromatic N) is 3. The molecule has 0 aliphatic carbocycles. The molecule has 0 radical (unpaired) electrons. The first kappa shape index (κ1) is 18.3. The number of fused-ring (bicyclic) bond motifs is 3. The summed E-state index contributed by atoms with van der Waals surface area (Å²) in [6.07, 6.45) is 7.19. The van der Waals surface area contributed by atoms with Crippen LogP contribution in [0.3, 0.4) is 0 Å². The zero-order valence-electron chi connectivity index (χ0n) is 15.8. The van der Waals surface area contributed by atoms with E-state index in [1.54, 1.807) is 6.33 Å². The molecule has 0 saturated carbocycles. The van der Waals surface area contributed by atoms with Gasteiger partial charge in [0.15, 0.2) is 0 Å². The first-order valence-electron chi connectivity index (χ1n) is 9.37. The van der Waals surface area contributed by atoms with Crippen molar-refractivity contribution in [1.82, 2.24) is 19.9 Å². The second kappa shape index (κ2) is 9.24. The Morgan fingerprint density at radius 2 is 1.21 bits per heavy atom. The lowest BCUT2D eigenvalue weighted by atomic mass is 10.2. The molecule has 4 heteroatoms. The average molecular weight is 376 g/mol. The fraction of sp³-hybridized carbons (Fsp3) is 0. The highest BCUT2D eigenvalue weighted by atomic mass is 14.9. The Morgan fingerprint density at radius 3 is 2.00 bits per heavy atom. The van der Waals surface area contributed by atoms with Crippen LogP contribution in [-0.2, 0) is 0 Å². The normalized spacial score (nSPS) is 10.1. The number of nitrogens with one attached hydrogen (secondary N) is 1. The Balaban J connectivity index is 0.000000106. The number of hydrogen-bond acceptors (Lipinski definition) is 3. The van der Waals surface area contributed by atoms with Crippen molar-refractivity contribution in [2.75, 3.05) is 0 Å². The molecule has 29 heavy (non-hydrogen) atoms. The van der Waals surface area contributed by atoms with E-state index in [0.717, 1.165) is 16.6 Å². The summed E-state index contributed by atoms with van der Waals surface area (Å²) in [5, 5.41) is 3.65. The Bertz CT molecular complexity index is 1090. The predicted molar refractivity (Wildman–Crippen MR) is 120 cm³/mol. The van der Waals surface area contributed by atoms with Gasteiger partial charge in [0.25, 0.3) is 0 Å². The fourth-order valence-corrected chi connectivity index (χ4v) is 2.92. The van der Waals surface area contributed by atoms with Crippen LogP contribution >= 0.6 is 0 Å². The molecule has 0 saturated heterocycles. The largest absolute Gasteiger partial charge is 0.345 e. The molecule has 0 unspecified atom stereocenters. The van der Waals surface area contributed by atoms with Gasteiger partial charge in [0.05, 0.1) is 22.9 Å². The maximum Gasteiger partial charge on any atom is 0.0931 e. The van der Waals surface area contributed by atoms with Gasteiger partial charge >= 0.3 is 0 Å². The van der Waals surface area contributed by atoms with Crippen LogP contribution in [0.15, 0.2) is 116 Å². The van der Waals surface area contributed by atoms with Crippen LogP contribution in [0.1, 0.15) is 0 Å². The standard InChI is InChI=1S/2C9H7N.C7H6N2/c1-2-6-9-8(4-1)5-3-7-10-9;1-2-4-9-7-10-6-5-8(9)3-1;1-2-4-7-6(3-1)8-5-9-7/h2*1-7H;1-5H,(H,8,9). The van der Waals surface area contributed by atoms with E-state index < -0.39 is 0 Å². The number of aromatic amines is 1. The summed E-state index contributed by atoms with van der Waals surface area (Å²) in [6, 6.07) is 30.2. The van der Waals surface area contributed by atoms with E-state index in [-0.39, 0.29) is 0 Å². The zero-order chi connectivity index (χ0) is 19.7. The summed E-state index contributed by atoms with van der Waals surface area (Å²) in [5.41, 5.74) is 3.18. The van der Waals surface area contributed by atoms with Crippen molar-refractivity contribution >= 4 is 32.7 Å². The summed E-state index contributed by atoms with van der Waals surface area (Å²) in [4.78, 5) is 15.3. The summed E-state index contributed by atoms with van der Waals surface area (Å²) in [5.74, 6) is 0. The van der Waals surface area contributed by atoms with Gasteiger partial charge in [-0.2, -0.15) is 0 Å². The number of rotatable bonds is 0. The minimum Gasteiger partial charge on any atom is -0.345 e. The average Bonchev–Trinajstić information content (AvgIpc) is 3.29. The molecule has 6 rings (SSSR count). The van der Waals surface area contributed by atoms with Crippen LogP contribution in [0, 0.1) is 0 Å². The molecule has 0 aliphatic rings. The first-order chi connectivity index (χ1) is 14.4. The number of pyridine rings is 2. The molecule has 3 aromatic heterocycles. The van der Waals surface area contributed by atoms with Gasteiger partial charge < -0.3 is 4.98 Å². The molecule has 3 aromatic carbocycles. The molecule has 3 heterocycles. The van der Waals surface area contributed by atoms with Crippen molar-refractivity contribution in [3.05, 3.63) is 116 Å². The minimum atomic E-state index is 1.03. The molecular weight excluding hydrogens is 356 g/mol. The van der Waals surface area contributed by atoms with Crippen molar-refractivity contribution in [2.24, 2.45) is 0 Å². The second-order valence-corrected chi connectivity index (χ2v) is 6.34. The highest BCUT2D eigenvalue weighted by Gasteiger charge is 1.89. The topological polar surface area (TPSA) is 54.5 Å². The molecule has 140 valence electrons. The molecule has 0 amide bonds. The highest BCUT2D eigenvalue weighted by molar-refractivity contribution is 5.81. The van der Waals surface area contributed by atoms with Gasteiger partial charge in [-0.3, -0.25) is 9.97 Å². The smallest absolute Gasteiger partial charge is 0.0931 e. The van der Waals surface area contributed by atoms with Gasteiger partial charge in [0.1, 0.15) is 0 Å². The fourth-order valence-electron chi connectivity index (χ4n) is 2.92. The minimum absolute atomic E-state index is 1.03. The Labute approximate surface area is 168 Å². The molecule has 0 spiro atoms. The highest BCUT2D eigenvalue weighted by Crippen LogP contribution is 2.10. The first-order valence-corrected chi connectivity index (χ1v) is 9.37. The molecule has 0 atom stereocenters. The van der Waals surface area contributed by atoms with Gasteiger partial charge in [-0.15, -0.1) is 0 Å². The van der Waals surface area contributed by atoms with Crippen LogP contribution in [0.4, 0.5) is 0 Å². The summed E-state index contributed by atoms with van der Waals surface area (Å²) in [7, 11) is 0. The quantitative estimate of drug-likeness (QED) is 0.352. The van der Waals surface area contributed by atoms with Gasteiger partial charge in [0.2, 0.25) is 0 Å². The Kier molecular flexibility index (Phi) is 5.84. The third kappa shape index (κ3) is 4.82. The van der Waals surface area contributed by atoms with Gasteiger partial charge in [-0.25, -0.2) is 4.98 Å². The molecule has 6 aromatic rings. The van der Waals surface area contributed by atoms with Crippen LogP contribution in [0.5, 0.6) is 0 Å². The van der Waals surface area contributed by atoms with Crippen LogP contribution < -0.4 is 0 Å². The lowest BCUT2D eigenvalue weighted by Crippen LogP contribution is -1.73. The molecule has 4 nitrogen and oxygen atoms in total. The monoisotopic (exact) mass is 376 g/mol. The number of H-pyrrole nitrogens is 1. The summed E-state index contributed by atoms with van der Waals surface area (Å²) < 4.78 is 0. The van der Waals surface area contributed by atoms with E-state index in [1.807, 2.05) is 85.3 Å². The predicted octanol–water partition coefficient (Wildman–Crippen LogP) is 6.03. The van der Waals surface area contributed by atoms with Crippen molar-refractivity contribution in [2.45, 2.75) is 0 Å². The maximum atomic E-state index is 4.18. The zero-order valence-corrected chi connectivity index (χ0v) is 15.8. The van der Waals surface area contributed by atoms with E-state index >= 15 is 0 Å².